The van der Waals surface area contributed by atoms with Gasteiger partial charge in [-0.3, -0.25) is 9.69 Å². The first-order valence-corrected chi connectivity index (χ1v) is 12.7. The van der Waals surface area contributed by atoms with E-state index in [1.54, 1.807) is 0 Å². The lowest BCUT2D eigenvalue weighted by atomic mass is 9.96. The second-order valence-corrected chi connectivity index (χ2v) is 10.7. The van der Waals surface area contributed by atoms with Gasteiger partial charge in [-0.05, 0) is 31.2 Å². The molecular weight excluding hydrogens is 414 g/mol. The second kappa shape index (κ2) is 9.55. The predicted molar refractivity (Wildman–Crippen MR) is 113 cm³/mol. The molecule has 2 aliphatic rings. The van der Waals surface area contributed by atoms with Gasteiger partial charge in [-0.25, -0.2) is 13.2 Å². The van der Waals surface area contributed by atoms with Crippen LogP contribution in [0, 0.1) is 0 Å². The molecule has 1 aliphatic carbocycles. The number of carbonyl (C=O) groups is 2. The zero-order valence-corrected chi connectivity index (χ0v) is 18.7. The molecule has 0 unspecified atom stereocenters. The van der Waals surface area contributed by atoms with E-state index in [0.717, 1.165) is 37.7 Å². The van der Waals surface area contributed by atoms with Crippen molar-refractivity contribution < 1.29 is 22.7 Å². The Kier molecular flexibility index (Phi) is 7.31. The van der Waals surface area contributed by atoms with E-state index in [1.807, 2.05) is 4.90 Å². The van der Waals surface area contributed by atoms with Crippen molar-refractivity contribution in [1.29, 1.82) is 0 Å². The normalized spacial score (nSPS) is 19.1. The third kappa shape index (κ3) is 5.56. The minimum atomic E-state index is -3.20. The number of nitrogens with zero attached hydrogens (tertiary/aromatic N) is 2. The smallest absolute Gasteiger partial charge is 0.341 e. The fourth-order valence-electron chi connectivity index (χ4n) is 3.91. The molecule has 10 heteroatoms. The Labute approximate surface area is 176 Å². The molecule has 2 heterocycles. The SMILES string of the molecule is COC(=O)c1c(NC(=O)CN2CCN(S(C)(=O)=O)CC2)sc2c1CCCCCC2. The lowest BCUT2D eigenvalue weighted by Gasteiger charge is -2.32. The molecule has 0 spiro atoms. The van der Waals surface area contributed by atoms with Gasteiger partial charge in [0, 0.05) is 31.1 Å². The van der Waals surface area contributed by atoms with Crippen molar-refractivity contribution >= 4 is 38.2 Å². The van der Waals surface area contributed by atoms with Crippen LogP contribution in [0.25, 0.3) is 0 Å². The van der Waals surface area contributed by atoms with Crippen molar-refractivity contribution in [2.24, 2.45) is 0 Å². The number of aryl methyl sites for hydroxylation is 1. The Morgan fingerprint density at radius 1 is 1.07 bits per heavy atom. The van der Waals surface area contributed by atoms with Crippen molar-refractivity contribution in [3.63, 3.8) is 0 Å². The highest BCUT2D eigenvalue weighted by molar-refractivity contribution is 7.88. The number of rotatable bonds is 5. The minimum Gasteiger partial charge on any atom is -0.465 e. The highest BCUT2D eigenvalue weighted by Gasteiger charge is 2.28. The molecule has 0 radical (unpaired) electrons. The van der Waals surface area contributed by atoms with Crippen molar-refractivity contribution in [3.8, 4) is 0 Å². The third-order valence-electron chi connectivity index (χ3n) is 5.48. The van der Waals surface area contributed by atoms with Crippen LogP contribution in [-0.2, 0) is 32.4 Å². The fraction of sp³-hybridized carbons (Fsp3) is 0.684. The minimum absolute atomic E-state index is 0.167. The molecule has 1 aromatic rings. The quantitative estimate of drug-likeness (QED) is 0.696. The van der Waals surface area contributed by atoms with Crippen molar-refractivity contribution in [2.75, 3.05) is 51.4 Å². The molecule has 0 aromatic carbocycles. The number of hydrogen-bond donors (Lipinski definition) is 1. The van der Waals surface area contributed by atoms with E-state index < -0.39 is 16.0 Å². The molecule has 8 nitrogen and oxygen atoms in total. The van der Waals surface area contributed by atoms with E-state index in [2.05, 4.69) is 5.32 Å². The molecule has 3 rings (SSSR count). The predicted octanol–water partition coefficient (Wildman–Crippen LogP) is 1.71. The lowest BCUT2D eigenvalue weighted by molar-refractivity contribution is -0.117. The second-order valence-electron chi connectivity index (χ2n) is 7.60. The number of ether oxygens (including phenoxy) is 1. The van der Waals surface area contributed by atoms with E-state index >= 15 is 0 Å². The van der Waals surface area contributed by atoms with Crippen LogP contribution in [0.15, 0.2) is 0 Å². The van der Waals surface area contributed by atoms with Crippen LogP contribution in [0.2, 0.25) is 0 Å². The first-order chi connectivity index (χ1) is 13.8. The summed E-state index contributed by atoms with van der Waals surface area (Å²) in [5.41, 5.74) is 1.53. The number of esters is 1. The Morgan fingerprint density at radius 3 is 2.34 bits per heavy atom. The van der Waals surface area contributed by atoms with E-state index in [1.165, 1.54) is 40.3 Å². The van der Waals surface area contributed by atoms with Gasteiger partial charge in [0.1, 0.15) is 5.00 Å². The van der Waals surface area contributed by atoms with Crippen molar-refractivity contribution in [2.45, 2.75) is 38.5 Å². The summed E-state index contributed by atoms with van der Waals surface area (Å²) in [5.74, 6) is -0.600. The number of piperazine rings is 1. The van der Waals surface area contributed by atoms with Crippen molar-refractivity contribution in [1.82, 2.24) is 9.21 Å². The number of nitrogens with one attached hydrogen (secondary N) is 1. The number of hydrogen-bond acceptors (Lipinski definition) is 7. The van der Waals surface area contributed by atoms with Gasteiger partial charge in [-0.15, -0.1) is 11.3 Å². The summed E-state index contributed by atoms with van der Waals surface area (Å²) in [4.78, 5) is 28.2. The van der Waals surface area contributed by atoms with Gasteiger partial charge >= 0.3 is 5.97 Å². The Bertz CT molecular complexity index is 857. The van der Waals surface area contributed by atoms with E-state index in [4.69, 9.17) is 4.74 Å². The number of amides is 1. The largest absolute Gasteiger partial charge is 0.465 e. The molecule has 0 atom stereocenters. The first kappa shape index (κ1) is 22.2. The van der Waals surface area contributed by atoms with Gasteiger partial charge in [0.15, 0.2) is 0 Å². The van der Waals surface area contributed by atoms with Crippen LogP contribution in [0.3, 0.4) is 0 Å². The topological polar surface area (TPSA) is 96.0 Å². The molecule has 1 amide bonds. The van der Waals surface area contributed by atoms with Crippen LogP contribution >= 0.6 is 11.3 Å². The molecule has 29 heavy (non-hydrogen) atoms. The van der Waals surface area contributed by atoms with Crippen LogP contribution < -0.4 is 5.32 Å². The molecule has 1 N–H and O–H groups in total. The lowest BCUT2D eigenvalue weighted by Crippen LogP contribution is -2.50. The maximum atomic E-state index is 12.6. The standard InChI is InChI=1S/C19H29N3O5S2/c1-27-19(24)17-14-7-5-3-4-6-8-15(14)28-18(17)20-16(23)13-21-9-11-22(12-10-21)29(2,25)26/h3-13H2,1-2H3,(H,20,23). The molecule has 1 saturated heterocycles. The van der Waals surface area contributed by atoms with Crippen LogP contribution in [0.4, 0.5) is 5.00 Å². The molecule has 162 valence electrons. The summed E-state index contributed by atoms with van der Waals surface area (Å²) >= 11 is 1.48. The number of anilines is 1. The van der Waals surface area contributed by atoms with E-state index in [9.17, 15) is 18.0 Å². The van der Waals surface area contributed by atoms with Gasteiger partial charge in [0.25, 0.3) is 0 Å². The fourth-order valence-corrected chi connectivity index (χ4v) is 6.03. The number of methoxy groups -OCH3 is 1. The average Bonchev–Trinajstić information content (AvgIpc) is 2.96. The highest BCUT2D eigenvalue weighted by Crippen LogP contribution is 2.37. The maximum Gasteiger partial charge on any atom is 0.341 e. The summed E-state index contributed by atoms with van der Waals surface area (Å²) < 4.78 is 29.7. The van der Waals surface area contributed by atoms with Crippen LogP contribution in [-0.4, -0.2) is 75.6 Å². The summed E-state index contributed by atoms with van der Waals surface area (Å²) in [6.07, 6.45) is 7.42. The van der Waals surface area contributed by atoms with E-state index in [-0.39, 0.29) is 12.5 Å². The van der Waals surface area contributed by atoms with Gasteiger partial charge in [0.05, 0.1) is 25.5 Å². The molecule has 0 bridgehead atoms. The number of fused-ring (bicyclic) bond motifs is 1. The Balaban J connectivity index is 1.68. The van der Waals surface area contributed by atoms with Crippen LogP contribution in [0.5, 0.6) is 0 Å². The monoisotopic (exact) mass is 443 g/mol. The van der Waals surface area contributed by atoms with E-state index in [0.29, 0.717) is 36.7 Å². The average molecular weight is 444 g/mol. The number of sulfonamides is 1. The van der Waals surface area contributed by atoms with Gasteiger partial charge < -0.3 is 10.1 Å². The Hall–Kier alpha value is -1.49. The zero-order valence-electron chi connectivity index (χ0n) is 17.0. The van der Waals surface area contributed by atoms with Gasteiger partial charge in [-0.1, -0.05) is 12.8 Å². The summed E-state index contributed by atoms with van der Waals surface area (Å²) in [7, 11) is -1.83. The zero-order chi connectivity index (χ0) is 21.0. The number of carbonyl (C=O) groups excluding carboxylic acids is 2. The Morgan fingerprint density at radius 2 is 1.72 bits per heavy atom. The van der Waals surface area contributed by atoms with Crippen LogP contribution in [0.1, 0.15) is 46.5 Å². The third-order valence-corrected chi connectivity index (χ3v) is 7.99. The summed E-state index contributed by atoms with van der Waals surface area (Å²) in [5, 5.41) is 3.49. The van der Waals surface area contributed by atoms with Gasteiger partial charge in [-0.2, -0.15) is 4.31 Å². The molecule has 0 saturated carbocycles. The highest BCUT2D eigenvalue weighted by atomic mass is 32.2. The molecular formula is C19H29N3O5S2. The summed E-state index contributed by atoms with van der Waals surface area (Å²) in [6, 6.07) is 0. The molecule has 1 aliphatic heterocycles. The number of thiophene rings is 1. The van der Waals surface area contributed by atoms with Crippen molar-refractivity contribution in [3.05, 3.63) is 16.0 Å². The first-order valence-electron chi connectivity index (χ1n) is 9.99. The maximum absolute atomic E-state index is 12.6. The molecule has 1 fully saturated rings. The van der Waals surface area contributed by atoms with Gasteiger partial charge in [0.2, 0.25) is 15.9 Å². The summed E-state index contributed by atoms with van der Waals surface area (Å²) in [6.45, 7) is 1.94. The molecule has 1 aromatic heterocycles.